The Labute approximate surface area is 119 Å². The summed E-state index contributed by atoms with van der Waals surface area (Å²) in [7, 11) is 3.16. The van der Waals surface area contributed by atoms with Crippen LogP contribution in [0, 0.1) is 0 Å². The molecular formula is C15H22O5. The van der Waals surface area contributed by atoms with Crippen molar-refractivity contribution in [1.82, 2.24) is 0 Å². The van der Waals surface area contributed by atoms with Gasteiger partial charge in [0.15, 0.2) is 0 Å². The quantitative estimate of drug-likeness (QED) is 0.828. The molecule has 1 heterocycles. The minimum atomic E-state index is -0.725. The maximum atomic E-state index is 10.2. The summed E-state index contributed by atoms with van der Waals surface area (Å²) in [6, 6.07) is 5.33. The van der Waals surface area contributed by atoms with Crippen molar-refractivity contribution in [2.75, 3.05) is 34.0 Å². The molecular weight excluding hydrogens is 260 g/mol. The lowest BCUT2D eigenvalue weighted by molar-refractivity contribution is -0.0181. The SMILES string of the molecule is COc1ccc(C(O)COCC2CCCO2)c(OC)c1. The van der Waals surface area contributed by atoms with Gasteiger partial charge in [-0.1, -0.05) is 0 Å². The molecule has 1 N–H and O–H groups in total. The molecule has 0 aromatic heterocycles. The maximum absolute atomic E-state index is 10.2. The molecule has 1 aliphatic heterocycles. The lowest BCUT2D eigenvalue weighted by Crippen LogP contribution is -2.17. The molecule has 1 aromatic rings. The second kappa shape index (κ2) is 7.47. The first-order chi connectivity index (χ1) is 9.74. The molecule has 0 saturated carbocycles. The monoisotopic (exact) mass is 282 g/mol. The van der Waals surface area contributed by atoms with Crippen molar-refractivity contribution in [1.29, 1.82) is 0 Å². The highest BCUT2D eigenvalue weighted by atomic mass is 16.5. The van der Waals surface area contributed by atoms with Crippen molar-refractivity contribution in [2.45, 2.75) is 25.0 Å². The molecule has 2 rings (SSSR count). The Bertz CT molecular complexity index is 415. The van der Waals surface area contributed by atoms with E-state index in [1.165, 1.54) is 0 Å². The fourth-order valence-corrected chi connectivity index (χ4v) is 2.27. The van der Waals surface area contributed by atoms with Gasteiger partial charge in [-0.05, 0) is 25.0 Å². The van der Waals surface area contributed by atoms with E-state index in [9.17, 15) is 5.11 Å². The van der Waals surface area contributed by atoms with Crippen LogP contribution in [0.25, 0.3) is 0 Å². The largest absolute Gasteiger partial charge is 0.497 e. The Kier molecular flexibility index (Phi) is 5.64. The molecule has 112 valence electrons. The highest BCUT2D eigenvalue weighted by Crippen LogP contribution is 2.29. The molecule has 2 atom stereocenters. The molecule has 1 aromatic carbocycles. The van der Waals surface area contributed by atoms with Gasteiger partial charge >= 0.3 is 0 Å². The summed E-state index contributed by atoms with van der Waals surface area (Å²) in [4.78, 5) is 0. The van der Waals surface area contributed by atoms with E-state index in [0.29, 0.717) is 23.7 Å². The Morgan fingerprint density at radius 3 is 2.85 bits per heavy atom. The standard InChI is InChI=1S/C15H22O5/c1-17-11-5-6-13(15(8-11)18-2)14(16)10-19-9-12-4-3-7-20-12/h5-6,8,12,14,16H,3-4,7,9-10H2,1-2H3. The number of aliphatic hydroxyl groups is 1. The lowest BCUT2D eigenvalue weighted by Gasteiger charge is -2.17. The summed E-state index contributed by atoms with van der Waals surface area (Å²) >= 11 is 0. The van der Waals surface area contributed by atoms with Gasteiger partial charge in [0.1, 0.15) is 17.6 Å². The number of hydrogen-bond donors (Lipinski definition) is 1. The predicted molar refractivity (Wildman–Crippen MR) is 74.3 cm³/mol. The Morgan fingerprint density at radius 1 is 1.35 bits per heavy atom. The van der Waals surface area contributed by atoms with Gasteiger partial charge in [-0.25, -0.2) is 0 Å². The number of hydrogen-bond acceptors (Lipinski definition) is 5. The van der Waals surface area contributed by atoms with Crippen LogP contribution in [0.5, 0.6) is 11.5 Å². The van der Waals surface area contributed by atoms with E-state index in [-0.39, 0.29) is 12.7 Å². The van der Waals surface area contributed by atoms with Crippen LogP contribution in [0.15, 0.2) is 18.2 Å². The topological polar surface area (TPSA) is 57.2 Å². The first-order valence-corrected chi connectivity index (χ1v) is 6.84. The van der Waals surface area contributed by atoms with Crippen molar-refractivity contribution in [2.24, 2.45) is 0 Å². The summed E-state index contributed by atoms with van der Waals surface area (Å²) in [6.07, 6.45) is 1.56. The van der Waals surface area contributed by atoms with Crippen LogP contribution in [-0.4, -0.2) is 45.3 Å². The molecule has 0 bridgehead atoms. The molecule has 1 saturated heterocycles. The minimum absolute atomic E-state index is 0.167. The second-order valence-electron chi connectivity index (χ2n) is 4.80. The number of ether oxygens (including phenoxy) is 4. The Hall–Kier alpha value is -1.30. The van der Waals surface area contributed by atoms with Crippen LogP contribution in [0.3, 0.4) is 0 Å². The third kappa shape index (κ3) is 3.85. The molecule has 20 heavy (non-hydrogen) atoms. The molecule has 0 amide bonds. The van der Waals surface area contributed by atoms with Gasteiger partial charge in [0, 0.05) is 18.2 Å². The average Bonchev–Trinajstić information content (AvgIpc) is 2.99. The van der Waals surface area contributed by atoms with E-state index in [2.05, 4.69) is 0 Å². The molecule has 5 nitrogen and oxygen atoms in total. The van der Waals surface area contributed by atoms with Gasteiger partial charge in [0.05, 0.1) is 33.5 Å². The highest BCUT2D eigenvalue weighted by molar-refractivity contribution is 5.41. The van der Waals surface area contributed by atoms with Crippen molar-refractivity contribution >= 4 is 0 Å². The number of aliphatic hydroxyl groups excluding tert-OH is 1. The number of rotatable bonds is 7. The lowest BCUT2D eigenvalue weighted by atomic mass is 10.1. The number of methoxy groups -OCH3 is 2. The fourth-order valence-electron chi connectivity index (χ4n) is 2.27. The molecule has 1 aliphatic rings. The minimum Gasteiger partial charge on any atom is -0.497 e. The third-order valence-corrected chi connectivity index (χ3v) is 3.40. The normalized spacial score (nSPS) is 19.9. The zero-order valence-corrected chi connectivity index (χ0v) is 12.0. The van der Waals surface area contributed by atoms with Gasteiger partial charge in [-0.3, -0.25) is 0 Å². The van der Waals surface area contributed by atoms with Crippen LogP contribution >= 0.6 is 0 Å². The van der Waals surface area contributed by atoms with Crippen LogP contribution in [-0.2, 0) is 9.47 Å². The number of benzene rings is 1. The van der Waals surface area contributed by atoms with Crippen LogP contribution < -0.4 is 9.47 Å². The first-order valence-electron chi connectivity index (χ1n) is 6.84. The summed E-state index contributed by atoms with van der Waals surface area (Å²) in [5.41, 5.74) is 0.695. The zero-order valence-electron chi connectivity index (χ0n) is 12.0. The zero-order chi connectivity index (χ0) is 14.4. The van der Waals surface area contributed by atoms with Gasteiger partial charge in [-0.2, -0.15) is 0 Å². The molecule has 0 radical (unpaired) electrons. The predicted octanol–water partition coefficient (Wildman–Crippen LogP) is 1.93. The Morgan fingerprint density at radius 2 is 2.20 bits per heavy atom. The summed E-state index contributed by atoms with van der Waals surface area (Å²) in [5.74, 6) is 1.29. The third-order valence-electron chi connectivity index (χ3n) is 3.40. The van der Waals surface area contributed by atoms with E-state index in [1.807, 2.05) is 0 Å². The van der Waals surface area contributed by atoms with Crippen molar-refractivity contribution in [3.05, 3.63) is 23.8 Å². The van der Waals surface area contributed by atoms with E-state index in [1.54, 1.807) is 32.4 Å². The van der Waals surface area contributed by atoms with E-state index >= 15 is 0 Å². The molecule has 0 spiro atoms. The molecule has 5 heteroatoms. The summed E-state index contributed by atoms with van der Waals surface area (Å²) < 4.78 is 21.4. The maximum Gasteiger partial charge on any atom is 0.128 e. The highest BCUT2D eigenvalue weighted by Gasteiger charge is 2.18. The first kappa shape index (κ1) is 15.1. The van der Waals surface area contributed by atoms with Crippen LogP contribution in [0.4, 0.5) is 0 Å². The van der Waals surface area contributed by atoms with Gasteiger partial charge in [0.2, 0.25) is 0 Å². The van der Waals surface area contributed by atoms with E-state index in [0.717, 1.165) is 19.4 Å². The van der Waals surface area contributed by atoms with E-state index in [4.69, 9.17) is 18.9 Å². The average molecular weight is 282 g/mol. The van der Waals surface area contributed by atoms with Gasteiger partial charge in [0.25, 0.3) is 0 Å². The van der Waals surface area contributed by atoms with Crippen molar-refractivity contribution in [3.63, 3.8) is 0 Å². The fraction of sp³-hybridized carbons (Fsp3) is 0.600. The smallest absolute Gasteiger partial charge is 0.128 e. The van der Waals surface area contributed by atoms with Crippen molar-refractivity contribution in [3.8, 4) is 11.5 Å². The van der Waals surface area contributed by atoms with Crippen molar-refractivity contribution < 1.29 is 24.1 Å². The van der Waals surface area contributed by atoms with Crippen LogP contribution in [0.1, 0.15) is 24.5 Å². The molecule has 1 fully saturated rings. The van der Waals surface area contributed by atoms with E-state index < -0.39 is 6.10 Å². The second-order valence-corrected chi connectivity index (χ2v) is 4.80. The van der Waals surface area contributed by atoms with Crippen LogP contribution in [0.2, 0.25) is 0 Å². The Balaban J connectivity index is 1.88. The summed E-state index contributed by atoms with van der Waals surface area (Å²) in [5, 5.41) is 10.2. The molecule has 0 aliphatic carbocycles. The van der Waals surface area contributed by atoms with Gasteiger partial charge < -0.3 is 24.1 Å². The van der Waals surface area contributed by atoms with Gasteiger partial charge in [-0.15, -0.1) is 0 Å². The summed E-state index contributed by atoms with van der Waals surface area (Å²) in [6.45, 7) is 1.56. The molecule has 2 unspecified atom stereocenters.